The molecule has 5 nitrogen and oxygen atoms in total. The number of rotatable bonds is 5. The summed E-state index contributed by atoms with van der Waals surface area (Å²) in [5.74, 6) is -0.337. The van der Waals surface area contributed by atoms with Crippen LogP contribution in [-0.4, -0.2) is 22.8 Å². The second kappa shape index (κ2) is 6.89. The van der Waals surface area contributed by atoms with Gasteiger partial charge in [-0.15, -0.1) is 11.6 Å². The lowest BCUT2D eigenvalue weighted by atomic mass is 9.90. The van der Waals surface area contributed by atoms with Gasteiger partial charge in [0.25, 0.3) is 11.6 Å². The summed E-state index contributed by atoms with van der Waals surface area (Å²) in [6.07, 6.45) is 0.767. The van der Waals surface area contributed by atoms with Crippen LogP contribution >= 0.6 is 11.6 Å². The van der Waals surface area contributed by atoms with Crippen molar-refractivity contribution in [2.45, 2.75) is 39.5 Å². The standard InChI is InChI=1S/C15H21ClN2O3/c1-10-5-6-12(18(20)21)7-13(10)14(19)17-9-11(16)8-15(2,3)4/h5-7,11H,8-9H2,1-4H3,(H,17,19). The summed E-state index contributed by atoms with van der Waals surface area (Å²) < 4.78 is 0. The van der Waals surface area contributed by atoms with Gasteiger partial charge < -0.3 is 5.32 Å². The fourth-order valence-electron chi connectivity index (χ4n) is 2.00. The Labute approximate surface area is 129 Å². The van der Waals surface area contributed by atoms with Gasteiger partial charge in [-0.05, 0) is 24.3 Å². The molecule has 0 spiro atoms. The van der Waals surface area contributed by atoms with E-state index in [0.717, 1.165) is 6.42 Å². The topological polar surface area (TPSA) is 72.2 Å². The van der Waals surface area contributed by atoms with Gasteiger partial charge in [-0.25, -0.2) is 0 Å². The van der Waals surface area contributed by atoms with Crippen LogP contribution in [0.2, 0.25) is 0 Å². The van der Waals surface area contributed by atoms with E-state index in [4.69, 9.17) is 11.6 Å². The minimum Gasteiger partial charge on any atom is -0.351 e. The molecular weight excluding hydrogens is 292 g/mol. The number of nitro benzene ring substituents is 1. The Morgan fingerprint density at radius 3 is 2.57 bits per heavy atom. The molecule has 0 saturated heterocycles. The summed E-state index contributed by atoms with van der Waals surface area (Å²) in [5.41, 5.74) is 0.991. The smallest absolute Gasteiger partial charge is 0.270 e. The second-order valence-electron chi connectivity index (χ2n) is 6.33. The van der Waals surface area contributed by atoms with Crippen molar-refractivity contribution in [3.05, 3.63) is 39.4 Å². The van der Waals surface area contributed by atoms with Crippen LogP contribution in [0.25, 0.3) is 0 Å². The zero-order valence-electron chi connectivity index (χ0n) is 12.8. The average Bonchev–Trinajstić information content (AvgIpc) is 2.34. The van der Waals surface area contributed by atoms with Gasteiger partial charge in [0.2, 0.25) is 0 Å². The van der Waals surface area contributed by atoms with E-state index in [0.29, 0.717) is 17.7 Å². The maximum Gasteiger partial charge on any atom is 0.270 e. The third kappa shape index (κ3) is 5.71. The third-order valence-corrected chi connectivity index (χ3v) is 3.30. The minimum atomic E-state index is -0.514. The highest BCUT2D eigenvalue weighted by atomic mass is 35.5. The van der Waals surface area contributed by atoms with E-state index in [9.17, 15) is 14.9 Å². The van der Waals surface area contributed by atoms with E-state index in [2.05, 4.69) is 26.1 Å². The fourth-order valence-corrected chi connectivity index (χ4v) is 2.54. The van der Waals surface area contributed by atoms with Gasteiger partial charge in [0.15, 0.2) is 0 Å². The van der Waals surface area contributed by atoms with Gasteiger partial charge in [-0.1, -0.05) is 26.8 Å². The number of amides is 1. The lowest BCUT2D eigenvalue weighted by Gasteiger charge is -2.22. The molecule has 0 radical (unpaired) electrons. The van der Waals surface area contributed by atoms with E-state index in [1.54, 1.807) is 13.0 Å². The molecule has 0 heterocycles. The van der Waals surface area contributed by atoms with Crippen molar-refractivity contribution in [3.63, 3.8) is 0 Å². The lowest BCUT2D eigenvalue weighted by molar-refractivity contribution is -0.384. The predicted octanol–water partition coefficient (Wildman–Crippen LogP) is 3.68. The number of alkyl halides is 1. The van der Waals surface area contributed by atoms with E-state index >= 15 is 0 Å². The van der Waals surface area contributed by atoms with Gasteiger partial charge in [-0.2, -0.15) is 0 Å². The zero-order chi connectivity index (χ0) is 16.2. The van der Waals surface area contributed by atoms with Crippen molar-refractivity contribution >= 4 is 23.2 Å². The first-order valence-electron chi connectivity index (χ1n) is 6.77. The molecule has 1 aromatic rings. The Morgan fingerprint density at radius 1 is 1.43 bits per heavy atom. The van der Waals surface area contributed by atoms with Crippen molar-refractivity contribution in [1.82, 2.24) is 5.32 Å². The van der Waals surface area contributed by atoms with Gasteiger partial charge >= 0.3 is 0 Å². The van der Waals surface area contributed by atoms with Crippen LogP contribution in [-0.2, 0) is 0 Å². The maximum absolute atomic E-state index is 12.1. The Balaban J connectivity index is 2.72. The molecule has 0 aromatic heterocycles. The molecule has 0 bridgehead atoms. The van der Waals surface area contributed by atoms with Gasteiger partial charge in [0, 0.05) is 24.2 Å². The van der Waals surface area contributed by atoms with Crippen molar-refractivity contribution in [2.24, 2.45) is 5.41 Å². The molecule has 21 heavy (non-hydrogen) atoms. The van der Waals surface area contributed by atoms with Gasteiger partial charge in [0.1, 0.15) is 0 Å². The quantitative estimate of drug-likeness (QED) is 0.512. The number of non-ortho nitro benzene ring substituents is 1. The molecule has 0 aliphatic heterocycles. The van der Waals surface area contributed by atoms with Crippen LogP contribution in [0.1, 0.15) is 43.1 Å². The summed E-state index contributed by atoms with van der Waals surface area (Å²) in [7, 11) is 0. The van der Waals surface area contributed by atoms with Gasteiger partial charge in [-0.3, -0.25) is 14.9 Å². The number of nitrogens with one attached hydrogen (secondary N) is 1. The number of hydrogen-bond donors (Lipinski definition) is 1. The molecule has 0 fully saturated rings. The molecule has 1 aromatic carbocycles. The molecule has 0 saturated carbocycles. The summed E-state index contributed by atoms with van der Waals surface area (Å²) in [5, 5.41) is 13.3. The van der Waals surface area contributed by atoms with Crippen LogP contribution < -0.4 is 5.32 Å². The van der Waals surface area contributed by atoms with Crippen LogP contribution in [0.3, 0.4) is 0 Å². The first-order chi connectivity index (χ1) is 9.60. The van der Waals surface area contributed by atoms with Crippen molar-refractivity contribution in [2.75, 3.05) is 6.54 Å². The Morgan fingerprint density at radius 2 is 2.05 bits per heavy atom. The first kappa shape index (κ1) is 17.4. The maximum atomic E-state index is 12.1. The largest absolute Gasteiger partial charge is 0.351 e. The number of aryl methyl sites for hydroxylation is 1. The number of halogens is 1. The van der Waals surface area contributed by atoms with E-state index in [-0.39, 0.29) is 22.4 Å². The second-order valence-corrected chi connectivity index (χ2v) is 6.95. The molecule has 1 unspecified atom stereocenters. The molecule has 1 N–H and O–H groups in total. The molecule has 1 rings (SSSR count). The minimum absolute atomic E-state index is 0.0819. The Bertz CT molecular complexity index is 538. The molecule has 1 amide bonds. The number of hydrogen-bond acceptors (Lipinski definition) is 3. The predicted molar refractivity (Wildman–Crippen MR) is 83.9 cm³/mol. The number of benzene rings is 1. The monoisotopic (exact) mass is 312 g/mol. The van der Waals surface area contributed by atoms with Crippen LogP contribution in [0, 0.1) is 22.5 Å². The fraction of sp³-hybridized carbons (Fsp3) is 0.533. The van der Waals surface area contributed by atoms with Crippen LogP contribution in [0.4, 0.5) is 5.69 Å². The summed E-state index contributed by atoms with van der Waals surface area (Å²) >= 11 is 6.20. The van der Waals surface area contributed by atoms with Crippen molar-refractivity contribution in [3.8, 4) is 0 Å². The highest BCUT2D eigenvalue weighted by Crippen LogP contribution is 2.23. The third-order valence-electron chi connectivity index (χ3n) is 2.99. The number of nitro groups is 1. The SMILES string of the molecule is Cc1ccc([N+](=O)[O-])cc1C(=O)NCC(Cl)CC(C)(C)C. The molecular formula is C15H21ClN2O3. The number of nitrogens with zero attached hydrogens (tertiary/aromatic N) is 1. The highest BCUT2D eigenvalue weighted by molar-refractivity contribution is 6.21. The molecule has 1 atom stereocenters. The lowest BCUT2D eigenvalue weighted by Crippen LogP contribution is -2.32. The summed E-state index contributed by atoms with van der Waals surface area (Å²) in [4.78, 5) is 22.4. The van der Waals surface area contributed by atoms with Crippen molar-refractivity contribution in [1.29, 1.82) is 0 Å². The molecule has 6 heteroatoms. The van der Waals surface area contributed by atoms with Crippen LogP contribution in [0.5, 0.6) is 0 Å². The molecule has 0 aliphatic rings. The first-order valence-corrected chi connectivity index (χ1v) is 7.21. The number of carbonyl (C=O) groups is 1. The zero-order valence-corrected chi connectivity index (χ0v) is 13.5. The molecule has 0 aliphatic carbocycles. The average molecular weight is 313 g/mol. The van der Waals surface area contributed by atoms with Crippen molar-refractivity contribution < 1.29 is 9.72 Å². The Hall–Kier alpha value is -1.62. The van der Waals surface area contributed by atoms with Gasteiger partial charge in [0.05, 0.1) is 10.3 Å². The van der Waals surface area contributed by atoms with E-state index in [1.165, 1.54) is 12.1 Å². The highest BCUT2D eigenvalue weighted by Gasteiger charge is 2.19. The number of carbonyl (C=O) groups excluding carboxylic acids is 1. The Kier molecular flexibility index (Phi) is 5.72. The summed E-state index contributed by atoms with van der Waals surface area (Å²) in [6, 6.07) is 4.24. The normalized spacial score (nSPS) is 12.8. The van der Waals surface area contributed by atoms with E-state index < -0.39 is 4.92 Å². The van der Waals surface area contributed by atoms with Crippen LogP contribution in [0.15, 0.2) is 18.2 Å². The van der Waals surface area contributed by atoms with E-state index in [1.807, 2.05) is 0 Å². The molecule has 116 valence electrons. The summed E-state index contributed by atoms with van der Waals surface area (Å²) in [6.45, 7) is 8.31.